The van der Waals surface area contributed by atoms with Crippen LogP contribution in [0.1, 0.15) is 44.1 Å². The molecule has 0 spiro atoms. The summed E-state index contributed by atoms with van der Waals surface area (Å²) in [4.78, 5) is 0. The third kappa shape index (κ3) is 2.72. The maximum absolute atomic E-state index is 9.74. The highest BCUT2D eigenvalue weighted by Gasteiger charge is 2.22. The number of hydrogen-bond acceptors (Lipinski definition) is 2. The van der Waals surface area contributed by atoms with E-state index in [0.717, 1.165) is 23.5 Å². The molecular formula is C20H24N2O. The highest BCUT2D eigenvalue weighted by Crippen LogP contribution is 2.38. The first-order valence-corrected chi connectivity index (χ1v) is 8.13. The lowest BCUT2D eigenvalue weighted by atomic mass is 9.83. The van der Waals surface area contributed by atoms with Crippen molar-refractivity contribution in [1.29, 1.82) is 0 Å². The van der Waals surface area contributed by atoms with E-state index in [-0.39, 0.29) is 5.75 Å². The molecule has 1 aromatic heterocycles. The van der Waals surface area contributed by atoms with Crippen molar-refractivity contribution in [2.45, 2.75) is 41.0 Å². The summed E-state index contributed by atoms with van der Waals surface area (Å²) in [6.45, 7) is 10.9. The molecule has 1 aliphatic rings. The lowest BCUT2D eigenvalue weighted by Gasteiger charge is -2.22. The Hall–Kier alpha value is -2.29. The van der Waals surface area contributed by atoms with Gasteiger partial charge in [0, 0.05) is 17.3 Å². The molecule has 120 valence electrons. The van der Waals surface area contributed by atoms with Crippen molar-refractivity contribution < 1.29 is 5.11 Å². The summed E-state index contributed by atoms with van der Waals surface area (Å²) in [6.07, 6.45) is 3.45. The molecule has 1 heterocycles. The summed E-state index contributed by atoms with van der Waals surface area (Å²) >= 11 is 0. The molecule has 0 radical (unpaired) electrons. The predicted octanol–water partition coefficient (Wildman–Crippen LogP) is 4.95. The standard InChI is InChI=1S/C20H24N2O/c1-12-9-13(2)19(14(3)10-12)20-15(4)21-22(16(20)5)17-7-6-8-18(23)11-17/h6-9,11-12,23H,10H2,1-5H3/t12-/m0/s1. The van der Waals surface area contributed by atoms with E-state index in [9.17, 15) is 5.11 Å². The van der Waals surface area contributed by atoms with Gasteiger partial charge in [0.25, 0.3) is 0 Å². The Balaban J connectivity index is 2.16. The normalized spacial score (nSPS) is 18.3. The Morgan fingerprint density at radius 1 is 1.17 bits per heavy atom. The van der Waals surface area contributed by atoms with Crippen molar-refractivity contribution in [2.75, 3.05) is 0 Å². The van der Waals surface area contributed by atoms with E-state index in [0.29, 0.717) is 5.92 Å². The van der Waals surface area contributed by atoms with Crippen LogP contribution in [0.3, 0.4) is 0 Å². The summed E-state index contributed by atoms with van der Waals surface area (Å²) in [5.41, 5.74) is 8.37. The lowest BCUT2D eigenvalue weighted by Crippen LogP contribution is -2.05. The van der Waals surface area contributed by atoms with Crippen LogP contribution in [-0.2, 0) is 0 Å². The molecule has 1 N–H and O–H groups in total. The minimum Gasteiger partial charge on any atom is -0.508 e. The number of phenolic OH excluding ortho intramolecular Hbond substituents is 1. The molecule has 0 unspecified atom stereocenters. The Kier molecular flexibility index (Phi) is 3.88. The predicted molar refractivity (Wildman–Crippen MR) is 94.8 cm³/mol. The van der Waals surface area contributed by atoms with Gasteiger partial charge in [-0.15, -0.1) is 0 Å². The fraction of sp³-hybridized carbons (Fsp3) is 0.350. The molecule has 2 aromatic rings. The first-order chi connectivity index (χ1) is 10.9. The summed E-state index contributed by atoms with van der Waals surface area (Å²) in [7, 11) is 0. The first kappa shape index (κ1) is 15.6. The molecule has 1 atom stereocenters. The topological polar surface area (TPSA) is 38.0 Å². The van der Waals surface area contributed by atoms with Gasteiger partial charge >= 0.3 is 0 Å². The van der Waals surface area contributed by atoms with Gasteiger partial charge in [-0.1, -0.05) is 24.6 Å². The van der Waals surface area contributed by atoms with Crippen molar-refractivity contribution in [2.24, 2.45) is 5.92 Å². The van der Waals surface area contributed by atoms with Crippen LogP contribution < -0.4 is 0 Å². The third-order valence-electron chi connectivity index (χ3n) is 4.60. The molecular weight excluding hydrogens is 284 g/mol. The van der Waals surface area contributed by atoms with E-state index in [2.05, 4.69) is 40.7 Å². The third-order valence-corrected chi connectivity index (χ3v) is 4.60. The van der Waals surface area contributed by atoms with Crippen LogP contribution in [0.25, 0.3) is 11.3 Å². The molecule has 3 rings (SSSR count). The van der Waals surface area contributed by atoms with Gasteiger partial charge in [0.1, 0.15) is 5.75 Å². The monoisotopic (exact) mass is 308 g/mol. The zero-order chi connectivity index (χ0) is 16.7. The van der Waals surface area contributed by atoms with Crippen molar-refractivity contribution >= 4 is 5.57 Å². The zero-order valence-corrected chi connectivity index (χ0v) is 14.5. The largest absolute Gasteiger partial charge is 0.508 e. The zero-order valence-electron chi connectivity index (χ0n) is 14.5. The second-order valence-corrected chi connectivity index (χ2v) is 6.66. The number of aromatic hydroxyl groups is 1. The lowest BCUT2D eigenvalue weighted by molar-refractivity contribution is 0.474. The Labute approximate surface area is 138 Å². The molecule has 3 heteroatoms. The van der Waals surface area contributed by atoms with Crippen molar-refractivity contribution in [1.82, 2.24) is 9.78 Å². The highest BCUT2D eigenvalue weighted by atomic mass is 16.3. The van der Waals surface area contributed by atoms with E-state index in [1.807, 2.05) is 16.8 Å². The smallest absolute Gasteiger partial charge is 0.117 e. The van der Waals surface area contributed by atoms with Gasteiger partial charge in [-0.3, -0.25) is 0 Å². The quantitative estimate of drug-likeness (QED) is 0.852. The molecule has 0 saturated heterocycles. The summed E-state index contributed by atoms with van der Waals surface area (Å²) < 4.78 is 1.93. The Morgan fingerprint density at radius 3 is 2.57 bits per heavy atom. The number of benzene rings is 1. The van der Waals surface area contributed by atoms with Crippen LogP contribution in [0.15, 0.2) is 41.5 Å². The van der Waals surface area contributed by atoms with E-state index < -0.39 is 0 Å². The number of rotatable bonds is 2. The second-order valence-electron chi connectivity index (χ2n) is 6.66. The number of aryl methyl sites for hydroxylation is 1. The van der Waals surface area contributed by atoms with Crippen LogP contribution >= 0.6 is 0 Å². The highest BCUT2D eigenvalue weighted by molar-refractivity contribution is 5.84. The number of nitrogens with zero attached hydrogens (tertiary/aromatic N) is 2. The summed E-state index contributed by atoms with van der Waals surface area (Å²) in [5, 5.41) is 14.5. The number of hydrogen-bond donors (Lipinski definition) is 1. The van der Waals surface area contributed by atoms with Crippen LogP contribution in [0.2, 0.25) is 0 Å². The van der Waals surface area contributed by atoms with Crippen molar-refractivity contribution in [3.8, 4) is 11.4 Å². The number of allylic oxidation sites excluding steroid dienone is 4. The van der Waals surface area contributed by atoms with Crippen LogP contribution in [0, 0.1) is 19.8 Å². The molecule has 1 aromatic carbocycles. The molecule has 0 aliphatic heterocycles. The van der Waals surface area contributed by atoms with Gasteiger partial charge in [0.15, 0.2) is 0 Å². The minimum absolute atomic E-state index is 0.259. The fourth-order valence-electron chi connectivity index (χ4n) is 3.78. The van der Waals surface area contributed by atoms with E-state index in [4.69, 9.17) is 5.10 Å². The van der Waals surface area contributed by atoms with Crippen molar-refractivity contribution in [3.05, 3.63) is 58.4 Å². The summed E-state index contributed by atoms with van der Waals surface area (Å²) in [5.74, 6) is 0.857. The molecule has 23 heavy (non-hydrogen) atoms. The number of aromatic nitrogens is 2. The van der Waals surface area contributed by atoms with Crippen LogP contribution in [-0.4, -0.2) is 14.9 Å². The van der Waals surface area contributed by atoms with Gasteiger partial charge in [-0.05, 0) is 63.3 Å². The molecule has 3 nitrogen and oxygen atoms in total. The first-order valence-electron chi connectivity index (χ1n) is 8.13. The minimum atomic E-state index is 0.259. The van der Waals surface area contributed by atoms with Crippen LogP contribution in [0.4, 0.5) is 0 Å². The molecule has 1 aliphatic carbocycles. The van der Waals surface area contributed by atoms with E-state index >= 15 is 0 Å². The Morgan fingerprint density at radius 2 is 1.91 bits per heavy atom. The fourth-order valence-corrected chi connectivity index (χ4v) is 3.78. The maximum Gasteiger partial charge on any atom is 0.117 e. The van der Waals surface area contributed by atoms with Crippen molar-refractivity contribution in [3.63, 3.8) is 0 Å². The number of phenols is 1. The van der Waals surface area contributed by atoms with Crippen LogP contribution in [0.5, 0.6) is 5.75 Å². The van der Waals surface area contributed by atoms with Gasteiger partial charge in [-0.2, -0.15) is 5.10 Å². The maximum atomic E-state index is 9.74. The molecule has 0 saturated carbocycles. The average Bonchev–Trinajstić information content (AvgIpc) is 2.74. The van der Waals surface area contributed by atoms with Gasteiger partial charge in [0.2, 0.25) is 0 Å². The van der Waals surface area contributed by atoms with E-state index in [1.54, 1.807) is 12.1 Å². The second kappa shape index (κ2) is 5.73. The van der Waals surface area contributed by atoms with Gasteiger partial charge in [0.05, 0.1) is 11.4 Å². The van der Waals surface area contributed by atoms with Gasteiger partial charge < -0.3 is 5.11 Å². The molecule has 0 fully saturated rings. The SMILES string of the molecule is CC1=C[C@H](C)CC(C)=C1c1c(C)nn(-c2cccc(O)c2)c1C. The molecule has 0 amide bonds. The van der Waals surface area contributed by atoms with E-state index in [1.165, 1.54) is 22.3 Å². The summed E-state index contributed by atoms with van der Waals surface area (Å²) in [6, 6.07) is 7.24. The van der Waals surface area contributed by atoms with Gasteiger partial charge in [-0.25, -0.2) is 4.68 Å². The molecule has 0 bridgehead atoms. The Bertz CT molecular complexity index is 824. The average molecular weight is 308 g/mol.